The van der Waals surface area contributed by atoms with E-state index >= 15 is 0 Å². The summed E-state index contributed by atoms with van der Waals surface area (Å²) in [5.74, 6) is 0.965. The molecular formula is C11H10BrF3N2OS. The Morgan fingerprint density at radius 2 is 2.16 bits per heavy atom. The van der Waals surface area contributed by atoms with Crippen molar-refractivity contribution >= 4 is 39.3 Å². The molecule has 1 saturated heterocycles. The second-order valence-corrected chi connectivity index (χ2v) is 5.93. The summed E-state index contributed by atoms with van der Waals surface area (Å²) in [6.07, 6.45) is -4.44. The van der Waals surface area contributed by atoms with Crippen LogP contribution in [-0.4, -0.2) is 23.6 Å². The van der Waals surface area contributed by atoms with Gasteiger partial charge in [0.1, 0.15) is 0 Å². The molecule has 0 aliphatic carbocycles. The number of carbonyl (C=O) groups excluding carboxylic acids is 1. The van der Waals surface area contributed by atoms with Crippen LogP contribution in [0.15, 0.2) is 22.7 Å². The van der Waals surface area contributed by atoms with Crippen molar-refractivity contribution in [2.45, 2.75) is 12.2 Å². The first-order valence-corrected chi connectivity index (χ1v) is 7.31. The fraction of sp³-hybridized carbons (Fsp3) is 0.364. The monoisotopic (exact) mass is 354 g/mol. The molecule has 1 heterocycles. The summed E-state index contributed by atoms with van der Waals surface area (Å²) in [6, 6.07) is 2.97. The van der Waals surface area contributed by atoms with E-state index in [0.717, 1.165) is 12.1 Å². The zero-order valence-electron chi connectivity index (χ0n) is 9.55. The summed E-state index contributed by atoms with van der Waals surface area (Å²) in [5, 5.41) is 5.45. The lowest BCUT2D eigenvalue weighted by Gasteiger charge is -2.13. The Morgan fingerprint density at radius 1 is 1.42 bits per heavy atom. The number of alkyl halides is 3. The predicted octanol–water partition coefficient (Wildman–Crippen LogP) is 3.07. The molecule has 1 aromatic rings. The fourth-order valence-corrected chi connectivity index (χ4v) is 3.05. The van der Waals surface area contributed by atoms with Crippen LogP contribution in [-0.2, 0) is 11.0 Å². The number of thioether (sulfide) groups is 1. The van der Waals surface area contributed by atoms with E-state index in [1.54, 1.807) is 11.8 Å². The molecule has 1 aliphatic heterocycles. The SMILES string of the molecule is O=C(Nc1cc(Br)cc(C(F)(F)F)c1)C1CSCN1. The largest absolute Gasteiger partial charge is 0.416 e. The van der Waals surface area contributed by atoms with E-state index in [1.807, 2.05) is 0 Å². The van der Waals surface area contributed by atoms with Crippen LogP contribution in [0.25, 0.3) is 0 Å². The van der Waals surface area contributed by atoms with Gasteiger partial charge in [0.15, 0.2) is 0 Å². The Hall–Kier alpha value is -0.730. The number of hydrogen-bond acceptors (Lipinski definition) is 3. The molecule has 1 aromatic carbocycles. The van der Waals surface area contributed by atoms with Gasteiger partial charge in [-0.2, -0.15) is 13.2 Å². The van der Waals surface area contributed by atoms with Crippen molar-refractivity contribution in [3.05, 3.63) is 28.2 Å². The molecular weight excluding hydrogens is 345 g/mol. The van der Waals surface area contributed by atoms with Gasteiger partial charge in [-0.3, -0.25) is 10.1 Å². The first-order valence-electron chi connectivity index (χ1n) is 5.36. The maximum Gasteiger partial charge on any atom is 0.416 e. The zero-order valence-corrected chi connectivity index (χ0v) is 12.0. The lowest BCUT2D eigenvalue weighted by molar-refractivity contribution is -0.137. The molecule has 2 rings (SSSR count). The second-order valence-electron chi connectivity index (χ2n) is 3.99. The van der Waals surface area contributed by atoms with Gasteiger partial charge < -0.3 is 5.32 Å². The maximum atomic E-state index is 12.6. The first-order chi connectivity index (χ1) is 8.86. The zero-order chi connectivity index (χ0) is 14.0. The molecule has 19 heavy (non-hydrogen) atoms. The summed E-state index contributed by atoms with van der Waals surface area (Å²) in [5.41, 5.74) is -0.670. The van der Waals surface area contributed by atoms with Crippen LogP contribution < -0.4 is 10.6 Å². The van der Waals surface area contributed by atoms with Crippen molar-refractivity contribution < 1.29 is 18.0 Å². The predicted molar refractivity (Wildman–Crippen MR) is 72.0 cm³/mol. The summed E-state index contributed by atoms with van der Waals surface area (Å²) >= 11 is 4.58. The van der Waals surface area contributed by atoms with Crippen molar-refractivity contribution in [1.29, 1.82) is 0 Å². The lowest BCUT2D eigenvalue weighted by atomic mass is 10.2. The number of anilines is 1. The highest BCUT2D eigenvalue weighted by Crippen LogP contribution is 2.33. The number of hydrogen-bond donors (Lipinski definition) is 2. The highest BCUT2D eigenvalue weighted by atomic mass is 79.9. The fourth-order valence-electron chi connectivity index (χ4n) is 1.62. The van der Waals surface area contributed by atoms with Crippen LogP contribution in [0.3, 0.4) is 0 Å². The summed E-state index contributed by atoms with van der Waals surface area (Å²) in [6.45, 7) is 0. The van der Waals surface area contributed by atoms with Gasteiger partial charge in [0.2, 0.25) is 5.91 Å². The van der Waals surface area contributed by atoms with Crippen molar-refractivity contribution in [1.82, 2.24) is 5.32 Å². The van der Waals surface area contributed by atoms with Gasteiger partial charge in [0, 0.05) is 21.8 Å². The van der Waals surface area contributed by atoms with Gasteiger partial charge in [-0.25, -0.2) is 0 Å². The highest BCUT2D eigenvalue weighted by molar-refractivity contribution is 9.10. The van der Waals surface area contributed by atoms with Gasteiger partial charge in [-0.15, -0.1) is 11.8 Å². The molecule has 1 amide bonds. The average Bonchev–Trinajstić information content (AvgIpc) is 2.80. The van der Waals surface area contributed by atoms with Gasteiger partial charge in [0.05, 0.1) is 11.6 Å². The molecule has 1 unspecified atom stereocenters. The van der Waals surface area contributed by atoms with E-state index in [-0.39, 0.29) is 22.1 Å². The second kappa shape index (κ2) is 5.72. The number of amides is 1. The van der Waals surface area contributed by atoms with Crippen molar-refractivity contribution in [3.8, 4) is 0 Å². The average molecular weight is 355 g/mol. The summed E-state index contributed by atoms with van der Waals surface area (Å²) in [7, 11) is 0. The third-order valence-electron chi connectivity index (χ3n) is 2.53. The lowest BCUT2D eigenvalue weighted by Crippen LogP contribution is -2.37. The van der Waals surface area contributed by atoms with Crippen LogP contribution in [0.2, 0.25) is 0 Å². The molecule has 0 saturated carbocycles. The number of carbonyl (C=O) groups is 1. The van der Waals surface area contributed by atoms with E-state index in [4.69, 9.17) is 0 Å². The molecule has 1 fully saturated rings. The minimum Gasteiger partial charge on any atom is -0.325 e. The van der Waals surface area contributed by atoms with Crippen molar-refractivity contribution in [2.24, 2.45) is 0 Å². The molecule has 3 nitrogen and oxygen atoms in total. The molecule has 104 valence electrons. The smallest absolute Gasteiger partial charge is 0.325 e. The van der Waals surface area contributed by atoms with Crippen LogP contribution in [0.5, 0.6) is 0 Å². The number of nitrogens with one attached hydrogen (secondary N) is 2. The molecule has 0 bridgehead atoms. The number of halogens is 4. The van der Waals surface area contributed by atoms with Gasteiger partial charge in [0.25, 0.3) is 0 Å². The molecule has 1 aliphatic rings. The minimum absolute atomic E-state index is 0.130. The Balaban J connectivity index is 2.16. The molecule has 2 N–H and O–H groups in total. The van der Waals surface area contributed by atoms with Crippen molar-refractivity contribution in [2.75, 3.05) is 16.9 Å². The minimum atomic E-state index is -4.44. The van der Waals surface area contributed by atoms with Crippen molar-refractivity contribution in [3.63, 3.8) is 0 Å². The van der Waals surface area contributed by atoms with E-state index in [0.29, 0.717) is 11.6 Å². The van der Waals surface area contributed by atoms with Crippen LogP contribution in [0.4, 0.5) is 18.9 Å². The van der Waals surface area contributed by atoms with Crippen LogP contribution in [0.1, 0.15) is 5.56 Å². The van der Waals surface area contributed by atoms with E-state index < -0.39 is 11.7 Å². The van der Waals surface area contributed by atoms with Crippen LogP contribution >= 0.6 is 27.7 Å². The van der Waals surface area contributed by atoms with Crippen LogP contribution in [0, 0.1) is 0 Å². The van der Waals surface area contributed by atoms with Gasteiger partial charge >= 0.3 is 6.18 Å². The maximum absolute atomic E-state index is 12.6. The molecule has 1 atom stereocenters. The Labute approximate surface area is 120 Å². The normalized spacial score (nSPS) is 19.5. The Bertz CT molecular complexity index is 489. The first kappa shape index (κ1) is 14.7. The van der Waals surface area contributed by atoms with E-state index in [1.165, 1.54) is 6.07 Å². The Morgan fingerprint density at radius 3 is 2.74 bits per heavy atom. The van der Waals surface area contributed by atoms with Gasteiger partial charge in [-0.05, 0) is 18.2 Å². The molecule has 0 aromatic heterocycles. The highest BCUT2D eigenvalue weighted by Gasteiger charge is 2.31. The summed E-state index contributed by atoms with van der Waals surface area (Å²) in [4.78, 5) is 11.8. The van der Waals surface area contributed by atoms with Gasteiger partial charge in [-0.1, -0.05) is 15.9 Å². The third-order valence-corrected chi connectivity index (χ3v) is 3.92. The molecule has 8 heteroatoms. The van der Waals surface area contributed by atoms with E-state index in [9.17, 15) is 18.0 Å². The summed E-state index contributed by atoms with van der Waals surface area (Å²) < 4.78 is 38.2. The number of rotatable bonds is 2. The third kappa shape index (κ3) is 3.87. The molecule has 0 spiro atoms. The number of benzene rings is 1. The standard InChI is InChI=1S/C11H10BrF3N2OS/c12-7-1-6(11(13,14)15)2-8(3-7)17-10(18)9-4-19-5-16-9/h1-3,9,16H,4-5H2,(H,17,18). The van der Waals surface area contributed by atoms with E-state index in [2.05, 4.69) is 26.6 Å². The quantitative estimate of drug-likeness (QED) is 0.857. The molecule has 0 radical (unpaired) electrons. The Kier molecular flexibility index (Phi) is 4.42. The topological polar surface area (TPSA) is 41.1 Å².